The largest absolute Gasteiger partial charge is 0.395 e. The van der Waals surface area contributed by atoms with E-state index in [0.717, 1.165) is 0 Å². The second-order valence-corrected chi connectivity index (χ2v) is 6.78. The molecule has 1 aromatic carbocycles. The first-order chi connectivity index (χ1) is 13.5. The van der Waals surface area contributed by atoms with E-state index in [1.165, 1.54) is 25.4 Å². The highest BCUT2D eigenvalue weighted by Crippen LogP contribution is 2.21. The minimum atomic E-state index is -0.954. The predicted molar refractivity (Wildman–Crippen MR) is 100 cm³/mol. The fourth-order valence-corrected chi connectivity index (χ4v) is 3.57. The summed E-state index contributed by atoms with van der Waals surface area (Å²) in [5.74, 6) is -0.999. The molecule has 1 saturated heterocycles. The van der Waals surface area contributed by atoms with Gasteiger partial charge < -0.3 is 25.3 Å². The van der Waals surface area contributed by atoms with E-state index >= 15 is 0 Å². The van der Waals surface area contributed by atoms with Crippen molar-refractivity contribution < 1.29 is 19.7 Å². The van der Waals surface area contributed by atoms with E-state index in [0.29, 0.717) is 11.1 Å². The number of carbonyl (C=O) groups is 1. The molecule has 4 N–H and O–H groups in total. The second kappa shape index (κ2) is 8.61. The monoisotopic (exact) mass is 389 g/mol. The SMILES string of the molecule is CO[C@@H]1[C@H](Cc2c[nH]c(=O)n(C(=O)c3ccccc3)c2=O)CN[C@H](CO)[C@H]1O. The van der Waals surface area contributed by atoms with E-state index in [1.54, 1.807) is 18.2 Å². The van der Waals surface area contributed by atoms with Crippen molar-refractivity contribution in [2.24, 2.45) is 5.92 Å². The quantitative estimate of drug-likeness (QED) is 0.501. The van der Waals surface area contributed by atoms with Gasteiger partial charge in [0.05, 0.1) is 24.9 Å². The number of rotatable bonds is 5. The molecule has 150 valence electrons. The number of aromatic nitrogens is 2. The van der Waals surface area contributed by atoms with Crippen LogP contribution in [0.25, 0.3) is 0 Å². The van der Waals surface area contributed by atoms with Crippen LogP contribution < -0.4 is 16.6 Å². The number of aliphatic hydroxyl groups excluding tert-OH is 2. The lowest BCUT2D eigenvalue weighted by Gasteiger charge is -2.39. The van der Waals surface area contributed by atoms with Gasteiger partial charge in [0, 0.05) is 36.9 Å². The van der Waals surface area contributed by atoms with Gasteiger partial charge in [0.2, 0.25) is 0 Å². The summed E-state index contributed by atoms with van der Waals surface area (Å²) in [5, 5.41) is 22.7. The zero-order valence-corrected chi connectivity index (χ0v) is 15.4. The molecule has 0 unspecified atom stereocenters. The molecular formula is C19H23N3O6. The molecule has 0 radical (unpaired) electrons. The van der Waals surface area contributed by atoms with Gasteiger partial charge in [0.25, 0.3) is 11.5 Å². The maximum absolute atomic E-state index is 12.8. The molecule has 3 rings (SSSR count). The van der Waals surface area contributed by atoms with Crippen molar-refractivity contribution in [3.05, 3.63) is 68.5 Å². The molecule has 9 heteroatoms. The number of aliphatic hydroxyl groups is 2. The molecule has 28 heavy (non-hydrogen) atoms. The Morgan fingerprint density at radius 1 is 1.29 bits per heavy atom. The van der Waals surface area contributed by atoms with Crippen LogP contribution in [0, 0.1) is 5.92 Å². The zero-order chi connectivity index (χ0) is 20.3. The summed E-state index contributed by atoms with van der Waals surface area (Å²) in [6, 6.07) is 7.55. The topological polar surface area (TPSA) is 134 Å². The number of piperidine rings is 1. The van der Waals surface area contributed by atoms with Crippen LogP contribution in [0.3, 0.4) is 0 Å². The number of ether oxygens (including phenoxy) is 1. The molecule has 9 nitrogen and oxygen atoms in total. The number of benzene rings is 1. The molecule has 4 atom stereocenters. The van der Waals surface area contributed by atoms with Crippen LogP contribution in [0.5, 0.6) is 0 Å². The van der Waals surface area contributed by atoms with Gasteiger partial charge in [-0.15, -0.1) is 0 Å². The Hall–Kier alpha value is -2.59. The molecule has 0 saturated carbocycles. The van der Waals surface area contributed by atoms with Crippen LogP contribution in [0.1, 0.15) is 15.9 Å². The van der Waals surface area contributed by atoms with E-state index in [1.807, 2.05) is 0 Å². The minimum absolute atomic E-state index is 0.179. The summed E-state index contributed by atoms with van der Waals surface area (Å²) in [6.07, 6.45) is -0.0950. The van der Waals surface area contributed by atoms with Crippen molar-refractivity contribution in [1.29, 1.82) is 0 Å². The molecule has 1 fully saturated rings. The van der Waals surface area contributed by atoms with Crippen molar-refractivity contribution in [2.45, 2.75) is 24.7 Å². The summed E-state index contributed by atoms with van der Waals surface area (Å²) in [7, 11) is 1.45. The Morgan fingerprint density at radius 3 is 2.64 bits per heavy atom. The Kier molecular flexibility index (Phi) is 6.20. The highest BCUT2D eigenvalue weighted by molar-refractivity contribution is 5.95. The van der Waals surface area contributed by atoms with Crippen LogP contribution in [0.2, 0.25) is 0 Å². The number of carbonyl (C=O) groups excluding carboxylic acids is 1. The normalized spacial score (nSPS) is 24.8. The van der Waals surface area contributed by atoms with Crippen LogP contribution >= 0.6 is 0 Å². The van der Waals surface area contributed by atoms with Crippen molar-refractivity contribution in [3.63, 3.8) is 0 Å². The molecule has 1 aromatic heterocycles. The predicted octanol–water partition coefficient (Wildman–Crippen LogP) is -1.28. The highest BCUT2D eigenvalue weighted by Gasteiger charge is 2.38. The van der Waals surface area contributed by atoms with E-state index < -0.39 is 35.4 Å². The lowest BCUT2D eigenvalue weighted by atomic mass is 9.85. The van der Waals surface area contributed by atoms with Gasteiger partial charge in [-0.25, -0.2) is 4.79 Å². The van der Waals surface area contributed by atoms with E-state index in [9.17, 15) is 24.6 Å². The fraction of sp³-hybridized carbons (Fsp3) is 0.421. The number of H-pyrrole nitrogens is 1. The van der Waals surface area contributed by atoms with Crippen molar-refractivity contribution in [2.75, 3.05) is 20.3 Å². The summed E-state index contributed by atoms with van der Waals surface area (Å²) < 4.78 is 5.96. The Morgan fingerprint density at radius 2 is 2.00 bits per heavy atom. The first-order valence-electron chi connectivity index (χ1n) is 8.96. The van der Waals surface area contributed by atoms with Gasteiger partial charge in [0.1, 0.15) is 0 Å². The van der Waals surface area contributed by atoms with Crippen LogP contribution in [0.4, 0.5) is 0 Å². The molecule has 2 heterocycles. The van der Waals surface area contributed by atoms with E-state index in [4.69, 9.17) is 4.74 Å². The van der Waals surface area contributed by atoms with E-state index in [2.05, 4.69) is 10.3 Å². The van der Waals surface area contributed by atoms with Gasteiger partial charge >= 0.3 is 5.69 Å². The molecule has 0 aliphatic carbocycles. The number of methoxy groups -OCH3 is 1. The molecule has 0 amide bonds. The third kappa shape index (κ3) is 3.83. The summed E-state index contributed by atoms with van der Waals surface area (Å²) in [5.41, 5.74) is -1.06. The average Bonchev–Trinajstić information content (AvgIpc) is 2.71. The number of aromatic amines is 1. The molecule has 1 aliphatic rings. The summed E-state index contributed by atoms with van der Waals surface area (Å²) in [4.78, 5) is 40.0. The smallest absolute Gasteiger partial charge is 0.335 e. The highest BCUT2D eigenvalue weighted by atomic mass is 16.5. The molecule has 0 bridgehead atoms. The van der Waals surface area contributed by atoms with E-state index in [-0.39, 0.29) is 30.1 Å². The molecule has 0 spiro atoms. The lowest BCUT2D eigenvalue weighted by Crippen LogP contribution is -2.59. The maximum Gasteiger partial charge on any atom is 0.335 e. The number of nitrogens with zero attached hydrogens (tertiary/aromatic N) is 1. The average molecular weight is 389 g/mol. The molecule has 2 aromatic rings. The van der Waals surface area contributed by atoms with Gasteiger partial charge in [-0.3, -0.25) is 9.59 Å². The molecular weight excluding hydrogens is 366 g/mol. The number of hydrogen-bond acceptors (Lipinski definition) is 7. The summed E-state index contributed by atoms with van der Waals surface area (Å²) in [6.45, 7) is 0.150. The zero-order valence-electron chi connectivity index (χ0n) is 15.4. The van der Waals surface area contributed by atoms with Crippen molar-refractivity contribution in [3.8, 4) is 0 Å². The van der Waals surface area contributed by atoms with Gasteiger partial charge in [-0.1, -0.05) is 18.2 Å². The first kappa shape index (κ1) is 20.2. The van der Waals surface area contributed by atoms with Crippen LogP contribution in [0.15, 0.2) is 46.1 Å². The van der Waals surface area contributed by atoms with Crippen LogP contribution in [-0.4, -0.2) is 64.2 Å². The Balaban J connectivity index is 1.91. The van der Waals surface area contributed by atoms with Gasteiger partial charge in [-0.05, 0) is 18.6 Å². The third-order valence-electron chi connectivity index (χ3n) is 5.08. The second-order valence-electron chi connectivity index (χ2n) is 6.78. The number of hydrogen-bond donors (Lipinski definition) is 4. The maximum atomic E-state index is 12.8. The first-order valence-corrected chi connectivity index (χ1v) is 8.96. The van der Waals surface area contributed by atoms with Gasteiger partial charge in [-0.2, -0.15) is 4.57 Å². The van der Waals surface area contributed by atoms with Crippen LogP contribution in [-0.2, 0) is 11.2 Å². The summed E-state index contributed by atoms with van der Waals surface area (Å²) >= 11 is 0. The number of nitrogens with one attached hydrogen (secondary N) is 2. The van der Waals surface area contributed by atoms with Crippen molar-refractivity contribution >= 4 is 5.91 Å². The van der Waals surface area contributed by atoms with Crippen molar-refractivity contribution in [1.82, 2.24) is 14.9 Å². The minimum Gasteiger partial charge on any atom is -0.395 e. The van der Waals surface area contributed by atoms with Gasteiger partial charge in [0.15, 0.2) is 0 Å². The Bertz CT molecular complexity index is 939. The molecule has 1 aliphatic heterocycles. The lowest BCUT2D eigenvalue weighted by molar-refractivity contribution is -0.0883. The Labute approximate surface area is 160 Å². The fourth-order valence-electron chi connectivity index (χ4n) is 3.57. The third-order valence-corrected chi connectivity index (χ3v) is 5.08. The standard InChI is InChI=1S/C19H23N3O6/c1-28-16-12(8-20-14(10-23)15(16)24)7-13-9-21-19(27)22(18(13)26)17(25)11-5-3-2-4-6-11/h2-6,9,12,14-16,20,23-24H,7-8,10H2,1H3,(H,21,27)/t12-,14-,15-,16-/m1/s1.